The number of amides is 1. The molecule has 1 aliphatic heterocycles. The fourth-order valence-corrected chi connectivity index (χ4v) is 6.05. The summed E-state index contributed by atoms with van der Waals surface area (Å²) < 4.78 is 28.2. The van der Waals surface area contributed by atoms with E-state index in [1.807, 2.05) is 38.1 Å². The third-order valence-corrected chi connectivity index (χ3v) is 8.97. The maximum Gasteiger partial charge on any atom is 0.264 e. The van der Waals surface area contributed by atoms with Crippen molar-refractivity contribution in [3.63, 3.8) is 0 Å². The average molecular weight is 540 g/mol. The Morgan fingerprint density at radius 1 is 1.00 bits per heavy atom. The molecule has 3 aromatic rings. The molecule has 1 N–H and O–H groups in total. The summed E-state index contributed by atoms with van der Waals surface area (Å²) in [6, 6.07) is 21.0. The number of aryl methyl sites for hydroxylation is 1. The van der Waals surface area contributed by atoms with E-state index < -0.39 is 10.0 Å². The number of carbonyl (C=O) groups excluding carboxylic acids is 1. The molecule has 6 nitrogen and oxygen atoms in total. The van der Waals surface area contributed by atoms with Gasteiger partial charge in [0.2, 0.25) is 5.91 Å². The van der Waals surface area contributed by atoms with Crippen LogP contribution in [-0.2, 0) is 14.8 Å². The van der Waals surface area contributed by atoms with Crippen LogP contribution in [0.25, 0.3) is 0 Å². The molecule has 0 spiro atoms. The van der Waals surface area contributed by atoms with Crippen molar-refractivity contribution >= 4 is 38.9 Å². The Bertz CT molecular complexity index is 1300. The number of nitrogens with zero attached hydrogens (tertiary/aromatic N) is 2. The maximum absolute atomic E-state index is 13.5. The van der Waals surface area contributed by atoms with Crippen molar-refractivity contribution in [1.29, 1.82) is 0 Å². The molecule has 1 amide bonds. The third-order valence-electron chi connectivity index (χ3n) is 6.93. The second-order valence-corrected chi connectivity index (χ2v) is 12.2. The van der Waals surface area contributed by atoms with Crippen LogP contribution in [0.5, 0.6) is 0 Å². The van der Waals surface area contributed by atoms with E-state index in [-0.39, 0.29) is 23.4 Å². The smallest absolute Gasteiger partial charge is 0.264 e. The quantitative estimate of drug-likeness (QED) is 0.383. The monoisotopic (exact) mass is 539 g/mol. The predicted octanol–water partition coefficient (Wildman–Crippen LogP) is 5.96. The molecule has 0 radical (unpaired) electrons. The zero-order valence-electron chi connectivity index (χ0n) is 21.5. The largest absolute Gasteiger partial charge is 0.372 e. The summed E-state index contributed by atoms with van der Waals surface area (Å²) in [6.45, 7) is 7.90. The molecule has 1 fully saturated rings. The number of benzene rings is 3. The summed E-state index contributed by atoms with van der Waals surface area (Å²) in [7, 11) is -3.99. The lowest BCUT2D eigenvalue weighted by molar-refractivity contribution is -0.120. The third kappa shape index (κ3) is 6.65. The topological polar surface area (TPSA) is 69.7 Å². The van der Waals surface area contributed by atoms with E-state index in [9.17, 15) is 13.2 Å². The van der Waals surface area contributed by atoms with Gasteiger partial charge in [0.25, 0.3) is 10.0 Å². The number of anilines is 2. The van der Waals surface area contributed by atoms with E-state index in [1.54, 1.807) is 12.1 Å². The van der Waals surface area contributed by atoms with Gasteiger partial charge in [-0.15, -0.1) is 0 Å². The van der Waals surface area contributed by atoms with Crippen molar-refractivity contribution in [1.82, 2.24) is 5.32 Å². The van der Waals surface area contributed by atoms with Crippen molar-refractivity contribution < 1.29 is 13.2 Å². The van der Waals surface area contributed by atoms with Gasteiger partial charge in [0, 0.05) is 23.8 Å². The first-order valence-electron chi connectivity index (χ1n) is 12.6. The number of hydrogen-bond donors (Lipinski definition) is 1. The van der Waals surface area contributed by atoms with Crippen LogP contribution in [0.3, 0.4) is 0 Å². The molecule has 0 aromatic heterocycles. The second kappa shape index (κ2) is 11.6. The minimum absolute atomic E-state index is 0.0704. The van der Waals surface area contributed by atoms with E-state index in [2.05, 4.69) is 29.3 Å². The van der Waals surface area contributed by atoms with Crippen molar-refractivity contribution in [2.24, 2.45) is 5.92 Å². The van der Waals surface area contributed by atoms with Crippen LogP contribution in [-0.4, -0.2) is 34.0 Å². The zero-order chi connectivity index (χ0) is 26.6. The van der Waals surface area contributed by atoms with Crippen molar-refractivity contribution in [2.75, 3.05) is 28.8 Å². The molecule has 0 bridgehead atoms. The van der Waals surface area contributed by atoms with Gasteiger partial charge >= 0.3 is 0 Å². The highest BCUT2D eigenvalue weighted by atomic mass is 35.5. The van der Waals surface area contributed by atoms with E-state index >= 15 is 0 Å². The van der Waals surface area contributed by atoms with E-state index in [0.29, 0.717) is 10.7 Å². The highest BCUT2D eigenvalue weighted by molar-refractivity contribution is 7.92. The van der Waals surface area contributed by atoms with Crippen LogP contribution in [0, 0.1) is 12.8 Å². The number of carbonyl (C=O) groups is 1. The molecule has 3 aromatic carbocycles. The van der Waals surface area contributed by atoms with Crippen molar-refractivity contribution in [3.8, 4) is 0 Å². The lowest BCUT2D eigenvalue weighted by Gasteiger charge is -2.32. The first-order valence-corrected chi connectivity index (χ1v) is 14.4. The van der Waals surface area contributed by atoms with Crippen molar-refractivity contribution in [2.45, 2.75) is 44.6 Å². The molecule has 1 saturated heterocycles. The Morgan fingerprint density at radius 2 is 1.59 bits per heavy atom. The number of rotatable bonds is 8. The van der Waals surface area contributed by atoms with Gasteiger partial charge in [0.05, 0.1) is 16.6 Å². The minimum Gasteiger partial charge on any atom is -0.372 e. The highest BCUT2D eigenvalue weighted by Gasteiger charge is 2.28. The molecular formula is C29H34ClN3O3S. The fraction of sp³-hybridized carbons (Fsp3) is 0.345. The summed E-state index contributed by atoms with van der Waals surface area (Å²) in [6.07, 6.45) is 2.40. The number of hydrogen-bond acceptors (Lipinski definition) is 4. The van der Waals surface area contributed by atoms with Crippen molar-refractivity contribution in [3.05, 3.63) is 88.9 Å². The molecule has 1 heterocycles. The van der Waals surface area contributed by atoms with E-state index in [0.717, 1.165) is 34.4 Å². The highest BCUT2D eigenvalue weighted by Crippen LogP contribution is 2.27. The molecule has 1 aliphatic rings. The Hall–Kier alpha value is -3.03. The Labute approximate surface area is 225 Å². The summed E-state index contributed by atoms with van der Waals surface area (Å²) in [5, 5.41) is 3.40. The zero-order valence-corrected chi connectivity index (χ0v) is 23.1. The van der Waals surface area contributed by atoms with Gasteiger partial charge in [-0.1, -0.05) is 48.4 Å². The molecule has 196 valence electrons. The molecule has 8 heteroatoms. The standard InChI is InChI=1S/C29H34ClN3O3S/c1-21-4-10-27(11-5-21)33(37(35,36)28-14-8-25(30)9-15-28)20-29(34)31-23(3)24-6-12-26(13-7-24)32-18-16-22(2)17-19-32/h4-15,22-23H,16-20H2,1-3H3,(H,31,34). The molecule has 0 saturated carbocycles. The number of nitrogens with one attached hydrogen (secondary N) is 1. The minimum atomic E-state index is -3.99. The van der Waals surface area contributed by atoms with E-state index in [1.165, 1.54) is 42.8 Å². The van der Waals surface area contributed by atoms with Gasteiger partial charge in [-0.3, -0.25) is 9.10 Å². The lowest BCUT2D eigenvalue weighted by atomic mass is 9.98. The van der Waals surface area contributed by atoms with Gasteiger partial charge < -0.3 is 10.2 Å². The lowest BCUT2D eigenvalue weighted by Crippen LogP contribution is -2.41. The van der Waals surface area contributed by atoms with E-state index in [4.69, 9.17) is 11.6 Å². The van der Waals surface area contributed by atoms with Gasteiger partial charge in [-0.2, -0.15) is 0 Å². The SMILES string of the molecule is Cc1ccc(N(CC(=O)NC(C)c2ccc(N3CCC(C)CC3)cc2)S(=O)(=O)c2ccc(Cl)cc2)cc1. The summed E-state index contributed by atoms with van der Waals surface area (Å²) in [5.74, 6) is 0.383. The van der Waals surface area contributed by atoms with Crippen LogP contribution < -0.4 is 14.5 Å². The van der Waals surface area contributed by atoms with Gasteiger partial charge in [0.1, 0.15) is 6.54 Å². The van der Waals surface area contributed by atoms with Gasteiger partial charge in [0.15, 0.2) is 0 Å². The summed E-state index contributed by atoms with van der Waals surface area (Å²) in [5.41, 5.74) is 3.57. The first-order chi connectivity index (χ1) is 17.6. The second-order valence-electron chi connectivity index (χ2n) is 9.85. The number of piperidine rings is 1. The Balaban J connectivity index is 1.48. The first kappa shape index (κ1) is 27.0. The molecule has 0 aliphatic carbocycles. The number of sulfonamides is 1. The predicted molar refractivity (Wildman–Crippen MR) is 151 cm³/mol. The summed E-state index contributed by atoms with van der Waals surface area (Å²) >= 11 is 5.96. The van der Waals surface area contributed by atoms with Crippen LogP contribution in [0.1, 0.15) is 43.9 Å². The van der Waals surface area contributed by atoms with Crippen LogP contribution in [0.2, 0.25) is 5.02 Å². The molecular weight excluding hydrogens is 506 g/mol. The Kier molecular flexibility index (Phi) is 8.45. The van der Waals surface area contributed by atoms with Crippen LogP contribution >= 0.6 is 11.6 Å². The van der Waals surface area contributed by atoms with Crippen LogP contribution in [0.15, 0.2) is 77.7 Å². The van der Waals surface area contributed by atoms with Gasteiger partial charge in [-0.05, 0) is 86.7 Å². The summed E-state index contributed by atoms with van der Waals surface area (Å²) in [4.78, 5) is 15.6. The number of halogens is 1. The molecule has 1 atom stereocenters. The average Bonchev–Trinajstić information content (AvgIpc) is 2.88. The molecule has 1 unspecified atom stereocenters. The maximum atomic E-state index is 13.5. The molecule has 4 rings (SSSR count). The molecule has 37 heavy (non-hydrogen) atoms. The van der Waals surface area contributed by atoms with Gasteiger partial charge in [-0.25, -0.2) is 8.42 Å². The van der Waals surface area contributed by atoms with Crippen LogP contribution in [0.4, 0.5) is 11.4 Å². The fourth-order valence-electron chi connectivity index (χ4n) is 4.50. The normalized spacial score (nSPS) is 15.3. The Morgan fingerprint density at radius 3 is 2.19 bits per heavy atom.